The Morgan fingerprint density at radius 1 is 1.35 bits per heavy atom. The minimum absolute atomic E-state index is 0.230. The van der Waals surface area contributed by atoms with Gasteiger partial charge in [0.05, 0.1) is 19.3 Å². The molecule has 1 N–H and O–H groups in total. The Balaban J connectivity index is 1.80. The van der Waals surface area contributed by atoms with E-state index in [0.717, 1.165) is 45.0 Å². The molecule has 1 aromatic carbocycles. The number of nitrogens with one attached hydrogen (secondary N) is 1. The van der Waals surface area contributed by atoms with E-state index in [-0.39, 0.29) is 6.04 Å². The van der Waals surface area contributed by atoms with Gasteiger partial charge >= 0.3 is 0 Å². The molecule has 0 aromatic heterocycles. The highest BCUT2D eigenvalue weighted by Gasteiger charge is 2.12. The van der Waals surface area contributed by atoms with Crippen LogP contribution in [0.4, 0.5) is 0 Å². The highest BCUT2D eigenvalue weighted by molar-refractivity contribution is 7.98. The predicted octanol–water partition coefficient (Wildman–Crippen LogP) is 1.89. The largest absolute Gasteiger partial charge is 0.379 e. The number of nitrogens with zero attached hydrogens (tertiary/aromatic N) is 2. The Morgan fingerprint density at radius 3 is 2.65 bits per heavy atom. The fourth-order valence-corrected chi connectivity index (χ4v) is 2.63. The van der Waals surface area contributed by atoms with Gasteiger partial charge in [-0.25, -0.2) is 0 Å². The lowest BCUT2D eigenvalue weighted by Crippen LogP contribution is -2.40. The highest BCUT2D eigenvalue weighted by atomic mass is 32.2. The van der Waals surface area contributed by atoms with Crippen molar-refractivity contribution in [2.75, 3.05) is 45.6 Å². The molecule has 4 nitrogen and oxygen atoms in total. The molecule has 108 valence electrons. The van der Waals surface area contributed by atoms with Crippen LogP contribution >= 0.6 is 11.8 Å². The summed E-state index contributed by atoms with van der Waals surface area (Å²) in [6.07, 6.45) is 2.05. The number of hydrogen-bond donors (Lipinski definition) is 1. The van der Waals surface area contributed by atoms with E-state index in [1.807, 2.05) is 12.1 Å². The third-order valence-corrected chi connectivity index (χ3v) is 4.20. The van der Waals surface area contributed by atoms with Crippen molar-refractivity contribution in [1.29, 1.82) is 5.26 Å². The Labute approximate surface area is 125 Å². The van der Waals surface area contributed by atoms with Crippen LogP contribution in [0.15, 0.2) is 29.2 Å². The molecule has 2 rings (SSSR count). The van der Waals surface area contributed by atoms with E-state index in [1.165, 1.54) is 4.90 Å². The van der Waals surface area contributed by atoms with E-state index in [1.54, 1.807) is 11.8 Å². The molecule has 1 fully saturated rings. The molecular formula is C15H21N3OS. The van der Waals surface area contributed by atoms with Crippen LogP contribution in [0, 0.1) is 11.3 Å². The zero-order valence-electron chi connectivity index (χ0n) is 11.8. The van der Waals surface area contributed by atoms with E-state index >= 15 is 0 Å². The molecule has 20 heavy (non-hydrogen) atoms. The minimum atomic E-state index is -0.230. The van der Waals surface area contributed by atoms with Crippen LogP contribution < -0.4 is 5.32 Å². The van der Waals surface area contributed by atoms with Gasteiger partial charge in [-0.1, -0.05) is 12.1 Å². The first-order valence-electron chi connectivity index (χ1n) is 6.90. The third-order valence-electron chi connectivity index (χ3n) is 3.46. The van der Waals surface area contributed by atoms with E-state index < -0.39 is 0 Å². The molecule has 0 aliphatic carbocycles. The van der Waals surface area contributed by atoms with Crippen molar-refractivity contribution in [2.24, 2.45) is 0 Å². The van der Waals surface area contributed by atoms with Gasteiger partial charge in [0, 0.05) is 31.1 Å². The van der Waals surface area contributed by atoms with Gasteiger partial charge < -0.3 is 4.74 Å². The lowest BCUT2D eigenvalue weighted by molar-refractivity contribution is 0.0383. The maximum absolute atomic E-state index is 9.29. The SMILES string of the molecule is CSc1ccc(C(C#N)NCCN2CCOCC2)cc1. The van der Waals surface area contributed by atoms with Crippen molar-refractivity contribution >= 4 is 11.8 Å². The molecule has 0 spiro atoms. The number of ether oxygens (including phenoxy) is 1. The molecule has 1 unspecified atom stereocenters. The number of rotatable bonds is 6. The molecule has 0 amide bonds. The van der Waals surface area contributed by atoms with Crippen LogP contribution in [0.2, 0.25) is 0 Å². The van der Waals surface area contributed by atoms with Gasteiger partial charge in [0.25, 0.3) is 0 Å². The summed E-state index contributed by atoms with van der Waals surface area (Å²) in [6.45, 7) is 5.39. The molecule has 1 aromatic rings. The summed E-state index contributed by atoms with van der Waals surface area (Å²) >= 11 is 1.71. The van der Waals surface area contributed by atoms with Crippen LogP contribution in [-0.4, -0.2) is 50.5 Å². The van der Waals surface area contributed by atoms with E-state index in [2.05, 4.69) is 34.7 Å². The van der Waals surface area contributed by atoms with Gasteiger partial charge in [0.1, 0.15) is 6.04 Å². The summed E-state index contributed by atoms with van der Waals surface area (Å²) < 4.78 is 5.32. The first-order valence-corrected chi connectivity index (χ1v) is 8.13. The standard InChI is InChI=1S/C15H21N3OS/c1-20-14-4-2-13(3-5-14)15(12-16)17-6-7-18-8-10-19-11-9-18/h2-5,15,17H,6-11H2,1H3. The fraction of sp³-hybridized carbons (Fsp3) is 0.533. The molecule has 1 aliphatic rings. The van der Waals surface area contributed by atoms with Crippen LogP contribution in [0.3, 0.4) is 0 Å². The molecule has 1 atom stereocenters. The topological polar surface area (TPSA) is 48.3 Å². The summed E-state index contributed by atoms with van der Waals surface area (Å²) in [5.74, 6) is 0. The van der Waals surface area contributed by atoms with Gasteiger partial charge in [-0.3, -0.25) is 10.2 Å². The number of benzene rings is 1. The van der Waals surface area contributed by atoms with Crippen molar-refractivity contribution in [1.82, 2.24) is 10.2 Å². The van der Waals surface area contributed by atoms with Gasteiger partial charge in [-0.05, 0) is 24.0 Å². The average Bonchev–Trinajstić information content (AvgIpc) is 2.53. The van der Waals surface area contributed by atoms with Gasteiger partial charge in [0.2, 0.25) is 0 Å². The van der Waals surface area contributed by atoms with Gasteiger partial charge in [-0.15, -0.1) is 11.8 Å². The Kier molecular flexibility index (Phi) is 6.34. The molecule has 1 saturated heterocycles. The number of hydrogen-bond acceptors (Lipinski definition) is 5. The van der Waals surface area contributed by atoms with Crippen molar-refractivity contribution < 1.29 is 4.74 Å². The number of morpholine rings is 1. The monoisotopic (exact) mass is 291 g/mol. The second kappa shape index (κ2) is 8.28. The van der Waals surface area contributed by atoms with Gasteiger partial charge in [0.15, 0.2) is 0 Å². The Bertz CT molecular complexity index is 437. The second-order valence-electron chi connectivity index (χ2n) is 4.74. The Hall–Kier alpha value is -1.06. The Morgan fingerprint density at radius 2 is 2.05 bits per heavy atom. The molecule has 1 heterocycles. The normalized spacial score (nSPS) is 17.6. The molecule has 0 radical (unpaired) electrons. The predicted molar refractivity (Wildman–Crippen MR) is 81.8 cm³/mol. The van der Waals surface area contributed by atoms with Crippen LogP contribution in [0.5, 0.6) is 0 Å². The quantitative estimate of drug-likeness (QED) is 0.811. The number of thioether (sulfide) groups is 1. The number of nitriles is 1. The van der Waals surface area contributed by atoms with E-state index in [4.69, 9.17) is 4.74 Å². The van der Waals surface area contributed by atoms with Crippen molar-refractivity contribution in [2.45, 2.75) is 10.9 Å². The van der Waals surface area contributed by atoms with E-state index in [0.29, 0.717) is 0 Å². The van der Waals surface area contributed by atoms with Crippen molar-refractivity contribution in [3.63, 3.8) is 0 Å². The molecule has 0 bridgehead atoms. The van der Waals surface area contributed by atoms with Crippen LogP contribution in [-0.2, 0) is 4.74 Å². The first kappa shape index (κ1) is 15.3. The lowest BCUT2D eigenvalue weighted by Gasteiger charge is -2.27. The summed E-state index contributed by atoms with van der Waals surface area (Å²) in [7, 11) is 0. The maximum Gasteiger partial charge on any atom is 0.121 e. The highest BCUT2D eigenvalue weighted by Crippen LogP contribution is 2.18. The summed E-state index contributed by atoms with van der Waals surface area (Å²) in [4.78, 5) is 3.58. The molecular weight excluding hydrogens is 270 g/mol. The zero-order chi connectivity index (χ0) is 14.2. The van der Waals surface area contributed by atoms with Crippen LogP contribution in [0.1, 0.15) is 11.6 Å². The van der Waals surface area contributed by atoms with E-state index in [9.17, 15) is 5.26 Å². The van der Waals surface area contributed by atoms with Crippen molar-refractivity contribution in [3.05, 3.63) is 29.8 Å². The fourth-order valence-electron chi connectivity index (χ4n) is 2.23. The zero-order valence-corrected chi connectivity index (χ0v) is 12.7. The summed E-state index contributed by atoms with van der Waals surface area (Å²) in [5, 5.41) is 12.6. The second-order valence-corrected chi connectivity index (χ2v) is 5.62. The molecule has 5 heteroatoms. The van der Waals surface area contributed by atoms with Gasteiger partial charge in [-0.2, -0.15) is 5.26 Å². The third kappa shape index (κ3) is 4.50. The molecule has 0 saturated carbocycles. The smallest absolute Gasteiger partial charge is 0.121 e. The summed E-state index contributed by atoms with van der Waals surface area (Å²) in [5.41, 5.74) is 1.03. The average molecular weight is 291 g/mol. The lowest BCUT2D eigenvalue weighted by atomic mass is 10.1. The molecule has 1 aliphatic heterocycles. The first-order chi connectivity index (χ1) is 9.83. The van der Waals surface area contributed by atoms with Crippen molar-refractivity contribution in [3.8, 4) is 6.07 Å². The van der Waals surface area contributed by atoms with Crippen LogP contribution in [0.25, 0.3) is 0 Å². The maximum atomic E-state index is 9.29. The minimum Gasteiger partial charge on any atom is -0.379 e. The summed E-state index contributed by atoms with van der Waals surface area (Å²) in [6, 6.07) is 10.3.